The van der Waals surface area contributed by atoms with Crippen LogP contribution in [-0.2, 0) is 23.4 Å². The van der Waals surface area contributed by atoms with Crippen LogP contribution < -0.4 is 11.1 Å². The molecule has 0 bridgehead atoms. The summed E-state index contributed by atoms with van der Waals surface area (Å²) in [5, 5.41) is 34.3. The smallest absolute Gasteiger partial charge is 0.419 e. The molecule has 8 aromatic carbocycles. The number of rotatable bonds is 11. The fourth-order valence-corrected chi connectivity index (χ4v) is 8.56. The number of benzene rings is 8. The van der Waals surface area contributed by atoms with Crippen molar-refractivity contribution >= 4 is 11.9 Å². The van der Waals surface area contributed by atoms with Gasteiger partial charge < -0.3 is 26.4 Å². The van der Waals surface area contributed by atoms with Crippen molar-refractivity contribution in [2.45, 2.75) is 63.3 Å². The zero-order valence-corrected chi connectivity index (χ0v) is 40.9. The Hall–Kier alpha value is -7.98. The van der Waals surface area contributed by atoms with Gasteiger partial charge in [0.15, 0.2) is 0 Å². The molecule has 0 unspecified atom stereocenters. The third-order valence-electron chi connectivity index (χ3n) is 12.4. The molecule has 0 aliphatic rings. The first-order valence-corrected chi connectivity index (χ1v) is 23.2. The van der Waals surface area contributed by atoms with Crippen LogP contribution in [-0.4, -0.2) is 27.2 Å². The molecule has 2 atom stereocenters. The number of aromatic carboxylic acids is 1. The highest BCUT2D eigenvalue weighted by Gasteiger charge is 2.45. The van der Waals surface area contributed by atoms with E-state index in [2.05, 4.69) is 17.4 Å². The molecule has 75 heavy (non-hydrogen) atoms. The number of hydrogen-bond donors (Lipinski definition) is 5. The first kappa shape index (κ1) is 56.3. The van der Waals surface area contributed by atoms with Crippen LogP contribution in [0.2, 0.25) is 0 Å². The molecule has 1 amide bonds. The molecule has 8 aromatic rings. The van der Waals surface area contributed by atoms with Crippen molar-refractivity contribution in [1.82, 2.24) is 5.32 Å². The molecule has 0 heterocycles. The van der Waals surface area contributed by atoms with Gasteiger partial charge in [-0.05, 0) is 97.5 Å². The number of aliphatic hydroxyl groups is 2. The summed E-state index contributed by atoms with van der Waals surface area (Å²) in [5.74, 6) is -5.39. The van der Waals surface area contributed by atoms with Gasteiger partial charge in [-0.15, -0.1) is 0 Å². The van der Waals surface area contributed by atoms with Gasteiger partial charge in [0.25, 0.3) is 5.91 Å². The molecule has 0 aromatic heterocycles. The Balaban J connectivity index is 0.000000205. The Morgan fingerprint density at radius 2 is 0.800 bits per heavy atom. The van der Waals surface area contributed by atoms with Crippen LogP contribution in [0, 0.1) is 39.3 Å². The second-order valence-corrected chi connectivity index (χ2v) is 17.9. The molecule has 0 aliphatic heterocycles. The highest BCUT2D eigenvalue weighted by molar-refractivity contribution is 5.95. The lowest BCUT2D eigenvalue weighted by Crippen LogP contribution is -2.51. The lowest BCUT2D eigenvalue weighted by Gasteiger charge is -2.40. The van der Waals surface area contributed by atoms with Crippen LogP contribution in [0.25, 0.3) is 0 Å². The van der Waals surface area contributed by atoms with Gasteiger partial charge in [0.2, 0.25) is 0 Å². The summed E-state index contributed by atoms with van der Waals surface area (Å²) in [5.41, 5.74) is 8.31. The maximum Gasteiger partial charge on any atom is 0.419 e. The Bertz CT molecular complexity index is 3160. The average molecular weight is 1030 g/mol. The summed E-state index contributed by atoms with van der Waals surface area (Å²) < 4.78 is 103. The number of carboxylic acid groups (broad SMARTS) is 1. The van der Waals surface area contributed by atoms with Crippen LogP contribution in [0.3, 0.4) is 0 Å². The van der Waals surface area contributed by atoms with E-state index < -0.39 is 81.4 Å². The zero-order valence-electron chi connectivity index (χ0n) is 40.9. The number of carbonyl (C=O) groups excluding carboxylic acids is 1. The minimum atomic E-state index is -4.98. The van der Waals surface area contributed by atoms with Gasteiger partial charge in [-0.2, -0.15) is 26.3 Å². The van der Waals surface area contributed by atoms with Crippen molar-refractivity contribution in [3.05, 3.63) is 284 Å². The molecule has 0 fully saturated rings. The van der Waals surface area contributed by atoms with Crippen molar-refractivity contribution in [1.29, 1.82) is 0 Å². The number of alkyl halides is 6. The fraction of sp³-hybridized carbons (Fsp3) is 0.167. The summed E-state index contributed by atoms with van der Waals surface area (Å²) in [6.45, 7) is 7.79. The third kappa shape index (κ3) is 13.2. The molecule has 388 valence electrons. The lowest BCUT2D eigenvalue weighted by atomic mass is 9.74. The summed E-state index contributed by atoms with van der Waals surface area (Å²) in [4.78, 5) is 23.9. The van der Waals surface area contributed by atoms with E-state index in [0.29, 0.717) is 34.9 Å². The van der Waals surface area contributed by atoms with E-state index in [1.165, 1.54) is 0 Å². The summed E-state index contributed by atoms with van der Waals surface area (Å²) in [6, 6.07) is 52.4. The Kier molecular flexibility index (Phi) is 17.6. The van der Waals surface area contributed by atoms with Gasteiger partial charge in [-0.3, -0.25) is 4.79 Å². The van der Waals surface area contributed by atoms with Crippen molar-refractivity contribution < 1.29 is 60.0 Å². The van der Waals surface area contributed by atoms with Crippen molar-refractivity contribution in [2.75, 3.05) is 0 Å². The maximum absolute atomic E-state index is 13.9. The molecular weight excluding hydrogens is 981 g/mol. The molecule has 0 saturated carbocycles. The van der Waals surface area contributed by atoms with Crippen LogP contribution >= 0.6 is 0 Å². The summed E-state index contributed by atoms with van der Waals surface area (Å²) >= 11 is 0. The van der Waals surface area contributed by atoms with E-state index in [-0.39, 0.29) is 6.07 Å². The van der Waals surface area contributed by atoms with E-state index >= 15 is 0 Å². The Morgan fingerprint density at radius 1 is 0.453 bits per heavy atom. The predicted octanol–water partition coefficient (Wildman–Crippen LogP) is 13.7. The van der Waals surface area contributed by atoms with Gasteiger partial charge in [0.1, 0.15) is 29.4 Å². The van der Waals surface area contributed by atoms with Crippen molar-refractivity contribution in [2.24, 2.45) is 5.73 Å². The highest BCUT2D eigenvalue weighted by Crippen LogP contribution is 2.43. The number of halogens is 8. The number of nitrogens with two attached hydrogens (primary N) is 1. The lowest BCUT2D eigenvalue weighted by molar-refractivity contribution is -0.140. The first-order valence-electron chi connectivity index (χ1n) is 23.2. The number of nitrogens with one attached hydrogen (secondary N) is 1. The second kappa shape index (κ2) is 23.5. The molecule has 6 N–H and O–H groups in total. The predicted molar refractivity (Wildman–Crippen MR) is 270 cm³/mol. The SMILES string of the molecule is Cc1cccc(C(N)(c2cccc(C)c2)[C@@H](O)c2ccccc2)c1.Cc1cccc(C(NC(=O)c2ccc(F)c(C(F)(F)F)c2)(c2cccc(C)c2)[C@@H](O)c2ccccc2)c1.O=C(O)c1ccc(F)c(C(F)(F)F)c1. The molecule has 0 aliphatic carbocycles. The molecule has 15 heteroatoms. The fourth-order valence-electron chi connectivity index (χ4n) is 8.56. The molecule has 0 saturated heterocycles. The van der Waals surface area contributed by atoms with Gasteiger partial charge in [-0.1, -0.05) is 180 Å². The first-order chi connectivity index (χ1) is 35.4. The number of aryl methyl sites for hydroxylation is 4. The molecule has 8 rings (SSSR count). The Labute approximate surface area is 428 Å². The van der Waals surface area contributed by atoms with E-state index in [1.54, 1.807) is 66.7 Å². The third-order valence-corrected chi connectivity index (χ3v) is 12.4. The van der Waals surface area contributed by atoms with Crippen LogP contribution in [0.1, 0.15) is 99.7 Å². The average Bonchev–Trinajstić information content (AvgIpc) is 3.37. The van der Waals surface area contributed by atoms with Gasteiger partial charge in [0, 0.05) is 5.56 Å². The van der Waals surface area contributed by atoms with Crippen molar-refractivity contribution in [3.63, 3.8) is 0 Å². The summed E-state index contributed by atoms with van der Waals surface area (Å²) in [7, 11) is 0. The normalized spacial score (nSPS) is 12.5. The topological polar surface area (TPSA) is 133 Å². The number of hydrogen-bond acceptors (Lipinski definition) is 5. The number of aliphatic hydroxyl groups excluding tert-OH is 2. The number of amides is 1. The zero-order chi connectivity index (χ0) is 54.9. The van der Waals surface area contributed by atoms with Gasteiger partial charge in [-0.25, -0.2) is 13.6 Å². The van der Waals surface area contributed by atoms with Gasteiger partial charge >= 0.3 is 18.3 Å². The van der Waals surface area contributed by atoms with Crippen LogP contribution in [0.15, 0.2) is 194 Å². The van der Waals surface area contributed by atoms with Crippen LogP contribution in [0.4, 0.5) is 35.1 Å². The summed E-state index contributed by atoms with van der Waals surface area (Å²) in [6.07, 6.45) is -12.0. The maximum atomic E-state index is 13.9. The monoisotopic (exact) mass is 1030 g/mol. The number of carbonyl (C=O) groups is 2. The molecule has 7 nitrogen and oxygen atoms in total. The second-order valence-electron chi connectivity index (χ2n) is 17.9. The minimum Gasteiger partial charge on any atom is -0.478 e. The van der Waals surface area contributed by atoms with E-state index in [9.17, 15) is 54.9 Å². The van der Waals surface area contributed by atoms with E-state index in [0.717, 1.165) is 51.1 Å². The molecule has 0 spiro atoms. The quantitative estimate of drug-likeness (QED) is 0.0820. The largest absolute Gasteiger partial charge is 0.478 e. The number of carboxylic acids is 1. The minimum absolute atomic E-state index is 0.262. The van der Waals surface area contributed by atoms with Crippen LogP contribution in [0.5, 0.6) is 0 Å². The highest BCUT2D eigenvalue weighted by atomic mass is 19.4. The van der Waals surface area contributed by atoms with E-state index in [4.69, 9.17) is 10.8 Å². The van der Waals surface area contributed by atoms with Gasteiger partial charge in [0.05, 0.1) is 22.2 Å². The van der Waals surface area contributed by atoms with E-state index in [1.807, 2.05) is 107 Å². The standard InChI is InChI=1S/C30H25F4NO2.C22H23NO.C8H4F4O2/c1-19-8-6-12-23(16-19)29(24-13-7-9-20(2)17-24,27(36)21-10-4-3-5-11-21)35-28(37)22-14-15-26(31)25(18-22)30(32,33)34;1-16-8-6-12-19(14-16)22(23,20-13-7-9-17(2)15-20)21(24)18-10-4-3-5-11-18;9-6-2-1-4(7(13)14)3-5(6)8(10,11)12/h3-18,27,36H,1-2H3,(H,35,37);3-15,21,24H,23H2,1-2H3;1-3H,(H,13,14)/t27-;21-;/m00./s1. The van der Waals surface area contributed by atoms with Crippen molar-refractivity contribution in [3.8, 4) is 0 Å². The molecule has 0 radical (unpaired) electrons. The Morgan fingerprint density at radius 3 is 1.17 bits per heavy atom. The molecular formula is C60H52F8N2O5.